The second-order valence-electron chi connectivity index (χ2n) is 10.1. The second-order valence-corrected chi connectivity index (χ2v) is 10.1. The molecule has 4 N–H and O–H groups in total. The lowest BCUT2D eigenvalue weighted by Crippen LogP contribution is -2.14. The van der Waals surface area contributed by atoms with Gasteiger partial charge in [0.05, 0.1) is 5.41 Å². The highest BCUT2D eigenvalue weighted by molar-refractivity contribution is 5.77. The maximum absolute atomic E-state index is 11.3. The van der Waals surface area contributed by atoms with Crippen LogP contribution in [0.2, 0.25) is 0 Å². The van der Waals surface area contributed by atoms with Gasteiger partial charge in [0.25, 0.3) is 0 Å². The van der Waals surface area contributed by atoms with Crippen LogP contribution in [0.4, 0.5) is 0 Å². The standard InChI is InChI=1S/C25H38O5/c1-24(13-14-24)11-7-3-2-5-9-18-17-20(26)22(28)21(27)19(18)10-6-4-8-12-25(15-16-25)23(29)30/h17,26-28H,2-16H2,1H3,(H,29,30). The summed E-state index contributed by atoms with van der Waals surface area (Å²) < 4.78 is 0. The maximum atomic E-state index is 11.3. The summed E-state index contributed by atoms with van der Waals surface area (Å²) in [7, 11) is 0. The van der Waals surface area contributed by atoms with Crippen LogP contribution in [0.3, 0.4) is 0 Å². The minimum Gasteiger partial charge on any atom is -0.504 e. The fraction of sp³-hybridized carbons (Fsp3) is 0.720. The van der Waals surface area contributed by atoms with Crippen LogP contribution < -0.4 is 0 Å². The highest BCUT2D eigenvalue weighted by Crippen LogP contribution is 2.50. The Hall–Kier alpha value is -1.91. The molecule has 0 aromatic heterocycles. The summed E-state index contributed by atoms with van der Waals surface area (Å²) in [5, 5.41) is 39.5. The van der Waals surface area contributed by atoms with Crippen molar-refractivity contribution in [3.05, 3.63) is 17.2 Å². The zero-order valence-electron chi connectivity index (χ0n) is 18.4. The van der Waals surface area contributed by atoms with Crippen LogP contribution in [0.15, 0.2) is 6.07 Å². The molecule has 1 aromatic carbocycles. The topological polar surface area (TPSA) is 98.0 Å². The smallest absolute Gasteiger partial charge is 0.309 e. The Balaban J connectivity index is 1.44. The predicted molar refractivity (Wildman–Crippen MR) is 117 cm³/mol. The lowest BCUT2D eigenvalue weighted by atomic mass is 9.93. The average Bonchev–Trinajstić information content (AvgIpc) is 3.62. The van der Waals surface area contributed by atoms with Gasteiger partial charge in [0.15, 0.2) is 11.5 Å². The molecule has 0 unspecified atom stereocenters. The van der Waals surface area contributed by atoms with E-state index < -0.39 is 17.1 Å². The number of aryl methyl sites for hydroxylation is 1. The van der Waals surface area contributed by atoms with Crippen molar-refractivity contribution in [1.29, 1.82) is 0 Å². The van der Waals surface area contributed by atoms with E-state index in [1.54, 1.807) is 6.07 Å². The third-order valence-corrected chi connectivity index (χ3v) is 7.42. The number of hydrogen-bond acceptors (Lipinski definition) is 4. The molecule has 0 saturated heterocycles. The molecule has 2 aliphatic carbocycles. The normalized spacial score (nSPS) is 18.3. The van der Waals surface area contributed by atoms with Crippen LogP contribution in [0.25, 0.3) is 0 Å². The molecule has 0 bridgehead atoms. The van der Waals surface area contributed by atoms with Crippen LogP contribution >= 0.6 is 0 Å². The molecule has 30 heavy (non-hydrogen) atoms. The molecule has 0 spiro atoms. The van der Waals surface area contributed by atoms with Crippen molar-refractivity contribution in [2.75, 3.05) is 0 Å². The van der Waals surface area contributed by atoms with Gasteiger partial charge in [-0.25, -0.2) is 0 Å². The first-order chi connectivity index (χ1) is 14.3. The van der Waals surface area contributed by atoms with E-state index in [1.807, 2.05) is 0 Å². The predicted octanol–water partition coefficient (Wildman–Crippen LogP) is 6.06. The molecule has 2 aliphatic rings. The Bertz CT molecular complexity index is 746. The largest absolute Gasteiger partial charge is 0.504 e. The molecule has 2 saturated carbocycles. The molecular weight excluding hydrogens is 380 g/mol. The average molecular weight is 419 g/mol. The van der Waals surface area contributed by atoms with Crippen molar-refractivity contribution in [3.8, 4) is 17.2 Å². The van der Waals surface area contributed by atoms with Gasteiger partial charge in [-0.05, 0) is 81.3 Å². The lowest BCUT2D eigenvalue weighted by Gasteiger charge is -2.15. The number of carboxylic acid groups (broad SMARTS) is 1. The molecule has 3 rings (SSSR count). The van der Waals surface area contributed by atoms with E-state index in [1.165, 1.54) is 32.1 Å². The Morgan fingerprint density at radius 1 is 0.833 bits per heavy atom. The molecule has 5 heteroatoms. The summed E-state index contributed by atoms with van der Waals surface area (Å²) in [5.74, 6) is -1.56. The number of phenolic OH excluding ortho intramolecular Hbond substituents is 3. The van der Waals surface area contributed by atoms with E-state index >= 15 is 0 Å². The van der Waals surface area contributed by atoms with E-state index in [-0.39, 0.29) is 11.5 Å². The molecule has 0 aliphatic heterocycles. The van der Waals surface area contributed by atoms with Crippen molar-refractivity contribution < 1.29 is 25.2 Å². The lowest BCUT2D eigenvalue weighted by molar-refractivity contribution is -0.143. The van der Waals surface area contributed by atoms with Crippen molar-refractivity contribution in [1.82, 2.24) is 0 Å². The summed E-state index contributed by atoms with van der Waals surface area (Å²) >= 11 is 0. The third-order valence-electron chi connectivity index (χ3n) is 7.42. The van der Waals surface area contributed by atoms with Crippen LogP contribution in [-0.4, -0.2) is 26.4 Å². The molecule has 168 valence electrons. The third kappa shape index (κ3) is 5.83. The zero-order valence-corrected chi connectivity index (χ0v) is 18.4. The van der Waals surface area contributed by atoms with E-state index in [0.717, 1.165) is 68.9 Å². The molecule has 2 fully saturated rings. The first-order valence-electron chi connectivity index (χ1n) is 11.8. The number of unbranched alkanes of at least 4 members (excludes halogenated alkanes) is 5. The summed E-state index contributed by atoms with van der Waals surface area (Å²) in [5.41, 5.74) is 1.79. The minimum atomic E-state index is -0.669. The fourth-order valence-electron chi connectivity index (χ4n) is 4.59. The van der Waals surface area contributed by atoms with Crippen molar-refractivity contribution in [2.24, 2.45) is 10.8 Å². The number of phenols is 3. The van der Waals surface area contributed by atoms with Gasteiger partial charge in [-0.15, -0.1) is 0 Å². The van der Waals surface area contributed by atoms with Crippen LogP contribution in [0, 0.1) is 10.8 Å². The van der Waals surface area contributed by atoms with Gasteiger partial charge in [0.2, 0.25) is 5.75 Å². The number of carbonyl (C=O) groups is 1. The number of carboxylic acids is 1. The van der Waals surface area contributed by atoms with E-state index in [0.29, 0.717) is 11.8 Å². The first-order valence-corrected chi connectivity index (χ1v) is 11.8. The summed E-state index contributed by atoms with van der Waals surface area (Å²) in [6, 6.07) is 1.60. The number of aromatic hydroxyl groups is 3. The van der Waals surface area contributed by atoms with Crippen LogP contribution in [0.1, 0.15) is 102 Å². The quantitative estimate of drug-likeness (QED) is 0.217. The van der Waals surface area contributed by atoms with Gasteiger partial charge in [0, 0.05) is 5.56 Å². The van der Waals surface area contributed by atoms with Crippen LogP contribution in [-0.2, 0) is 17.6 Å². The molecule has 0 atom stereocenters. The zero-order chi connectivity index (χ0) is 21.8. The van der Waals surface area contributed by atoms with Gasteiger partial charge in [-0.1, -0.05) is 39.0 Å². The first kappa shape index (κ1) is 22.8. The van der Waals surface area contributed by atoms with Crippen molar-refractivity contribution >= 4 is 5.97 Å². The molecular formula is C25H38O5. The summed E-state index contributed by atoms with van der Waals surface area (Å²) in [6.45, 7) is 2.37. The monoisotopic (exact) mass is 418 g/mol. The number of aliphatic carboxylic acids is 1. The summed E-state index contributed by atoms with van der Waals surface area (Å²) in [6.07, 6.45) is 15.0. The van der Waals surface area contributed by atoms with E-state index in [4.69, 9.17) is 0 Å². The highest BCUT2D eigenvalue weighted by Gasteiger charge is 2.49. The van der Waals surface area contributed by atoms with Crippen LogP contribution in [0.5, 0.6) is 17.2 Å². The Morgan fingerprint density at radius 3 is 2.07 bits per heavy atom. The Labute approximate surface area is 180 Å². The number of hydrogen-bond donors (Lipinski definition) is 4. The molecule has 0 radical (unpaired) electrons. The minimum absolute atomic E-state index is 0.198. The van der Waals surface area contributed by atoms with Gasteiger partial charge in [0.1, 0.15) is 0 Å². The van der Waals surface area contributed by atoms with Crippen molar-refractivity contribution in [2.45, 2.75) is 103 Å². The van der Waals surface area contributed by atoms with Gasteiger partial charge >= 0.3 is 5.97 Å². The fourth-order valence-corrected chi connectivity index (χ4v) is 4.59. The van der Waals surface area contributed by atoms with Crippen molar-refractivity contribution in [3.63, 3.8) is 0 Å². The van der Waals surface area contributed by atoms with E-state index in [2.05, 4.69) is 6.92 Å². The van der Waals surface area contributed by atoms with Gasteiger partial charge in [-0.3, -0.25) is 4.79 Å². The molecule has 5 nitrogen and oxygen atoms in total. The molecule has 1 aromatic rings. The maximum Gasteiger partial charge on any atom is 0.309 e. The Kier molecular flexibility index (Phi) is 7.20. The van der Waals surface area contributed by atoms with Gasteiger partial charge < -0.3 is 20.4 Å². The molecule has 0 amide bonds. The molecule has 0 heterocycles. The summed E-state index contributed by atoms with van der Waals surface area (Å²) in [4.78, 5) is 11.3. The van der Waals surface area contributed by atoms with Gasteiger partial charge in [-0.2, -0.15) is 0 Å². The number of rotatable bonds is 14. The highest BCUT2D eigenvalue weighted by atomic mass is 16.4. The number of benzene rings is 1. The Morgan fingerprint density at radius 2 is 1.43 bits per heavy atom. The second kappa shape index (κ2) is 9.49. The van der Waals surface area contributed by atoms with E-state index in [9.17, 15) is 25.2 Å². The SMILES string of the molecule is CC1(CCCCCCc2cc(O)c(O)c(O)c2CCCCCC2(C(=O)O)CC2)CC1.